The Balaban J connectivity index is 1.44. The number of carbonyl (C=O) groups excluding carboxylic acids is 1. The van der Waals surface area contributed by atoms with E-state index in [4.69, 9.17) is 11.6 Å². The molecule has 1 aromatic carbocycles. The van der Waals surface area contributed by atoms with E-state index in [0.29, 0.717) is 25.4 Å². The van der Waals surface area contributed by atoms with Crippen LogP contribution in [0.3, 0.4) is 0 Å². The molecule has 3 rings (SSSR count). The lowest BCUT2D eigenvalue weighted by atomic mass is 10.1. The SMILES string of the molecule is Cc1ccc(Cl)cc1N1CC[C@@H](CNC(=O)CCn2ccnn2)C1. The summed E-state index contributed by atoms with van der Waals surface area (Å²) >= 11 is 6.12. The first kappa shape index (κ1) is 16.8. The Morgan fingerprint density at radius 2 is 2.33 bits per heavy atom. The molecule has 6 nitrogen and oxygen atoms in total. The molecule has 1 amide bonds. The Morgan fingerprint density at radius 3 is 3.12 bits per heavy atom. The van der Waals surface area contributed by atoms with E-state index < -0.39 is 0 Å². The predicted octanol–water partition coefficient (Wildman–Crippen LogP) is 2.27. The van der Waals surface area contributed by atoms with Crippen LogP contribution in [0.25, 0.3) is 0 Å². The zero-order valence-electron chi connectivity index (χ0n) is 13.8. The monoisotopic (exact) mass is 347 g/mol. The molecule has 1 aliphatic heterocycles. The van der Waals surface area contributed by atoms with E-state index in [2.05, 4.69) is 33.5 Å². The third-order valence-electron chi connectivity index (χ3n) is 4.43. The summed E-state index contributed by atoms with van der Waals surface area (Å²) in [5, 5.41) is 11.4. The summed E-state index contributed by atoms with van der Waals surface area (Å²) in [6.07, 6.45) is 4.88. The highest BCUT2D eigenvalue weighted by molar-refractivity contribution is 6.30. The van der Waals surface area contributed by atoms with Gasteiger partial charge in [0.05, 0.1) is 12.7 Å². The normalized spacial score (nSPS) is 17.2. The number of benzene rings is 1. The van der Waals surface area contributed by atoms with Gasteiger partial charge in [-0.3, -0.25) is 9.48 Å². The second-order valence-corrected chi connectivity index (χ2v) is 6.69. The summed E-state index contributed by atoms with van der Waals surface area (Å²) in [5.74, 6) is 0.529. The molecule has 1 atom stereocenters. The van der Waals surface area contributed by atoms with Crippen molar-refractivity contribution in [1.82, 2.24) is 20.3 Å². The second kappa shape index (κ2) is 7.66. The molecule has 1 aromatic heterocycles. The number of rotatable bonds is 6. The number of halogens is 1. The molecule has 0 saturated carbocycles. The third-order valence-corrected chi connectivity index (χ3v) is 4.66. The van der Waals surface area contributed by atoms with Gasteiger partial charge in [-0.15, -0.1) is 5.10 Å². The maximum Gasteiger partial charge on any atom is 0.221 e. The number of anilines is 1. The van der Waals surface area contributed by atoms with Gasteiger partial charge in [-0.05, 0) is 37.0 Å². The first-order valence-corrected chi connectivity index (χ1v) is 8.61. The predicted molar refractivity (Wildman–Crippen MR) is 94.2 cm³/mol. The molecule has 0 unspecified atom stereocenters. The number of hydrogen-bond donors (Lipinski definition) is 1. The van der Waals surface area contributed by atoms with Crippen molar-refractivity contribution in [3.63, 3.8) is 0 Å². The molecule has 128 valence electrons. The maximum absolute atomic E-state index is 11.9. The molecule has 1 aliphatic rings. The summed E-state index contributed by atoms with van der Waals surface area (Å²) in [7, 11) is 0. The Bertz CT molecular complexity index is 688. The largest absolute Gasteiger partial charge is 0.371 e. The summed E-state index contributed by atoms with van der Waals surface area (Å²) in [6.45, 7) is 5.33. The third kappa shape index (κ3) is 4.26. The molecule has 2 aromatic rings. The number of nitrogens with zero attached hydrogens (tertiary/aromatic N) is 4. The first-order chi connectivity index (χ1) is 11.6. The van der Waals surface area contributed by atoms with Crippen molar-refractivity contribution in [1.29, 1.82) is 0 Å². The van der Waals surface area contributed by atoms with Gasteiger partial charge in [0.15, 0.2) is 0 Å². The van der Waals surface area contributed by atoms with Crippen molar-refractivity contribution >= 4 is 23.2 Å². The lowest BCUT2D eigenvalue weighted by molar-refractivity contribution is -0.121. The topological polar surface area (TPSA) is 63.1 Å². The van der Waals surface area contributed by atoms with Gasteiger partial charge in [0.1, 0.15) is 0 Å². The number of aromatic nitrogens is 3. The van der Waals surface area contributed by atoms with Crippen LogP contribution in [0.15, 0.2) is 30.6 Å². The Hall–Kier alpha value is -2.08. The highest BCUT2D eigenvalue weighted by Gasteiger charge is 2.24. The van der Waals surface area contributed by atoms with Gasteiger partial charge in [0.25, 0.3) is 0 Å². The van der Waals surface area contributed by atoms with Crippen LogP contribution in [0.1, 0.15) is 18.4 Å². The van der Waals surface area contributed by atoms with Crippen LogP contribution in [-0.4, -0.2) is 40.5 Å². The highest BCUT2D eigenvalue weighted by Crippen LogP contribution is 2.29. The second-order valence-electron chi connectivity index (χ2n) is 6.25. The van der Waals surface area contributed by atoms with Crippen molar-refractivity contribution < 1.29 is 4.79 Å². The molecular weight excluding hydrogens is 326 g/mol. The van der Waals surface area contributed by atoms with E-state index in [-0.39, 0.29) is 5.91 Å². The van der Waals surface area contributed by atoms with E-state index in [1.54, 1.807) is 17.1 Å². The van der Waals surface area contributed by atoms with Crippen LogP contribution in [0.4, 0.5) is 5.69 Å². The molecule has 0 radical (unpaired) electrons. The number of nitrogens with one attached hydrogen (secondary N) is 1. The van der Waals surface area contributed by atoms with Crippen LogP contribution >= 0.6 is 11.6 Å². The fourth-order valence-corrected chi connectivity index (χ4v) is 3.22. The lowest BCUT2D eigenvalue weighted by Gasteiger charge is -2.21. The average molecular weight is 348 g/mol. The molecule has 24 heavy (non-hydrogen) atoms. The lowest BCUT2D eigenvalue weighted by Crippen LogP contribution is -2.31. The van der Waals surface area contributed by atoms with Gasteiger partial charge in [0, 0.05) is 43.0 Å². The number of carbonyl (C=O) groups is 1. The van der Waals surface area contributed by atoms with Gasteiger partial charge >= 0.3 is 0 Å². The Labute approximate surface area is 146 Å². The van der Waals surface area contributed by atoms with Crippen LogP contribution in [0, 0.1) is 12.8 Å². The summed E-state index contributed by atoms with van der Waals surface area (Å²) in [5.41, 5.74) is 2.43. The molecule has 0 aliphatic carbocycles. The smallest absolute Gasteiger partial charge is 0.221 e. The fraction of sp³-hybridized carbons (Fsp3) is 0.471. The van der Waals surface area contributed by atoms with Crippen molar-refractivity contribution in [2.24, 2.45) is 5.92 Å². The van der Waals surface area contributed by atoms with Gasteiger partial charge < -0.3 is 10.2 Å². The van der Waals surface area contributed by atoms with E-state index in [1.807, 2.05) is 12.1 Å². The van der Waals surface area contributed by atoms with Crippen LogP contribution in [0.5, 0.6) is 0 Å². The Morgan fingerprint density at radius 1 is 1.46 bits per heavy atom. The number of hydrogen-bond acceptors (Lipinski definition) is 4. The zero-order chi connectivity index (χ0) is 16.9. The molecule has 1 fully saturated rings. The van der Waals surface area contributed by atoms with Gasteiger partial charge in [-0.1, -0.05) is 22.9 Å². The van der Waals surface area contributed by atoms with E-state index in [0.717, 1.165) is 24.5 Å². The molecule has 7 heteroatoms. The molecule has 1 saturated heterocycles. The Kier molecular flexibility index (Phi) is 5.35. The summed E-state index contributed by atoms with van der Waals surface area (Å²) in [4.78, 5) is 14.3. The minimum Gasteiger partial charge on any atom is -0.371 e. The highest BCUT2D eigenvalue weighted by atomic mass is 35.5. The number of aryl methyl sites for hydroxylation is 2. The minimum atomic E-state index is 0.0582. The maximum atomic E-state index is 11.9. The number of amides is 1. The van der Waals surface area contributed by atoms with E-state index in [1.165, 1.54) is 11.3 Å². The van der Waals surface area contributed by atoms with Gasteiger partial charge in [-0.25, -0.2) is 0 Å². The van der Waals surface area contributed by atoms with Crippen LogP contribution in [0.2, 0.25) is 5.02 Å². The zero-order valence-corrected chi connectivity index (χ0v) is 14.5. The standard InChI is InChI=1S/C17H22ClN5O/c1-13-2-3-15(18)10-16(13)22-7-4-14(12-22)11-19-17(24)5-8-23-9-6-20-21-23/h2-3,6,9-10,14H,4-5,7-8,11-12H2,1H3,(H,19,24)/t14-/m0/s1. The van der Waals surface area contributed by atoms with Crippen molar-refractivity contribution in [2.45, 2.75) is 26.3 Å². The van der Waals surface area contributed by atoms with Gasteiger partial charge in [0.2, 0.25) is 5.91 Å². The van der Waals surface area contributed by atoms with Crippen molar-refractivity contribution in [2.75, 3.05) is 24.5 Å². The molecule has 0 bridgehead atoms. The molecular formula is C17H22ClN5O. The van der Waals surface area contributed by atoms with E-state index in [9.17, 15) is 4.79 Å². The summed E-state index contributed by atoms with van der Waals surface area (Å²) < 4.78 is 1.67. The first-order valence-electron chi connectivity index (χ1n) is 8.24. The minimum absolute atomic E-state index is 0.0582. The van der Waals surface area contributed by atoms with Crippen LogP contribution < -0.4 is 10.2 Å². The van der Waals surface area contributed by atoms with Crippen molar-refractivity contribution in [3.8, 4) is 0 Å². The molecule has 0 spiro atoms. The summed E-state index contributed by atoms with van der Waals surface area (Å²) in [6, 6.07) is 6.00. The van der Waals surface area contributed by atoms with Crippen LogP contribution in [-0.2, 0) is 11.3 Å². The average Bonchev–Trinajstić information content (AvgIpc) is 3.24. The van der Waals surface area contributed by atoms with Gasteiger partial charge in [-0.2, -0.15) is 0 Å². The fourth-order valence-electron chi connectivity index (χ4n) is 3.06. The quantitative estimate of drug-likeness (QED) is 0.870. The van der Waals surface area contributed by atoms with E-state index >= 15 is 0 Å². The molecule has 1 N–H and O–H groups in total. The van der Waals surface area contributed by atoms with Crippen molar-refractivity contribution in [3.05, 3.63) is 41.2 Å². The molecule has 2 heterocycles.